The molecule has 1 unspecified atom stereocenters. The number of nitrogens with one attached hydrogen (secondary N) is 1. The first-order chi connectivity index (χ1) is 11.1. The Kier molecular flexibility index (Phi) is 4.69. The van der Waals surface area contributed by atoms with Gasteiger partial charge in [-0.2, -0.15) is 0 Å². The fourth-order valence-electron chi connectivity index (χ4n) is 3.66. The first-order valence-electron chi connectivity index (χ1n) is 8.85. The summed E-state index contributed by atoms with van der Waals surface area (Å²) < 4.78 is 0. The standard InChI is InChI=1S/C19H26N2O2/c1-3-13(2)20-18(22)16-11-7-8-14-12-21(19(23)17(14)16)15-9-5-4-6-10-15/h7-8,11,13,15H,3-6,9-10,12H2,1-2H3,(H,20,22). The van der Waals surface area contributed by atoms with E-state index in [-0.39, 0.29) is 17.9 Å². The summed E-state index contributed by atoms with van der Waals surface area (Å²) in [5.41, 5.74) is 2.15. The zero-order valence-corrected chi connectivity index (χ0v) is 14.1. The van der Waals surface area contributed by atoms with Crippen LogP contribution in [-0.4, -0.2) is 28.8 Å². The maximum atomic E-state index is 12.9. The van der Waals surface area contributed by atoms with Crippen LogP contribution in [0, 0.1) is 0 Å². The lowest BCUT2D eigenvalue weighted by atomic mass is 9.94. The molecular weight excluding hydrogens is 288 g/mol. The summed E-state index contributed by atoms with van der Waals surface area (Å²) in [4.78, 5) is 27.4. The minimum absolute atomic E-state index is 0.0433. The molecule has 0 radical (unpaired) electrons. The zero-order chi connectivity index (χ0) is 16.4. The molecule has 0 aromatic heterocycles. The van der Waals surface area contributed by atoms with E-state index < -0.39 is 0 Å². The highest BCUT2D eigenvalue weighted by Crippen LogP contribution is 2.32. The maximum absolute atomic E-state index is 12.9. The highest BCUT2D eigenvalue weighted by atomic mass is 16.2. The molecule has 1 fully saturated rings. The normalized spacial score (nSPS) is 19.6. The second kappa shape index (κ2) is 6.73. The van der Waals surface area contributed by atoms with E-state index in [4.69, 9.17) is 0 Å². The smallest absolute Gasteiger partial charge is 0.255 e. The number of hydrogen-bond donors (Lipinski definition) is 1. The van der Waals surface area contributed by atoms with Gasteiger partial charge in [-0.05, 0) is 37.8 Å². The van der Waals surface area contributed by atoms with E-state index >= 15 is 0 Å². The van der Waals surface area contributed by atoms with E-state index in [9.17, 15) is 9.59 Å². The SMILES string of the molecule is CCC(C)NC(=O)c1cccc2c1C(=O)N(C1CCCCC1)C2. The van der Waals surface area contributed by atoms with Crippen molar-refractivity contribution in [1.29, 1.82) is 0 Å². The molecule has 4 nitrogen and oxygen atoms in total. The van der Waals surface area contributed by atoms with Gasteiger partial charge in [0, 0.05) is 18.6 Å². The van der Waals surface area contributed by atoms with Crippen molar-refractivity contribution in [2.24, 2.45) is 0 Å². The van der Waals surface area contributed by atoms with E-state index in [1.54, 1.807) is 6.07 Å². The van der Waals surface area contributed by atoms with Crippen LogP contribution in [-0.2, 0) is 6.54 Å². The molecule has 124 valence electrons. The topological polar surface area (TPSA) is 49.4 Å². The Morgan fingerprint density at radius 1 is 1.30 bits per heavy atom. The van der Waals surface area contributed by atoms with E-state index in [1.807, 2.05) is 30.9 Å². The highest BCUT2D eigenvalue weighted by Gasteiger charge is 2.36. The predicted octanol–water partition coefficient (Wildman–Crippen LogP) is 3.50. The minimum Gasteiger partial charge on any atom is -0.350 e. The molecular formula is C19H26N2O2. The summed E-state index contributed by atoms with van der Waals surface area (Å²) in [7, 11) is 0. The summed E-state index contributed by atoms with van der Waals surface area (Å²) in [5.74, 6) is -0.0863. The number of carbonyl (C=O) groups is 2. The number of benzene rings is 1. The predicted molar refractivity (Wildman–Crippen MR) is 90.4 cm³/mol. The number of hydrogen-bond acceptors (Lipinski definition) is 2. The second-order valence-corrected chi connectivity index (χ2v) is 6.85. The molecule has 1 aliphatic carbocycles. The van der Waals surface area contributed by atoms with Gasteiger partial charge >= 0.3 is 0 Å². The third-order valence-electron chi connectivity index (χ3n) is 5.22. The molecule has 1 aliphatic heterocycles. The lowest BCUT2D eigenvalue weighted by Crippen LogP contribution is -2.37. The Hall–Kier alpha value is -1.84. The summed E-state index contributed by atoms with van der Waals surface area (Å²) in [6.45, 7) is 4.68. The number of fused-ring (bicyclic) bond motifs is 1. The molecule has 1 atom stereocenters. The van der Waals surface area contributed by atoms with Gasteiger partial charge in [0.2, 0.25) is 0 Å². The highest BCUT2D eigenvalue weighted by molar-refractivity contribution is 6.09. The fraction of sp³-hybridized carbons (Fsp3) is 0.579. The van der Waals surface area contributed by atoms with Crippen LogP contribution in [0.1, 0.15) is 78.7 Å². The number of rotatable bonds is 4. The molecule has 1 aromatic rings. The zero-order valence-electron chi connectivity index (χ0n) is 14.1. The van der Waals surface area contributed by atoms with Crippen molar-refractivity contribution in [2.45, 2.75) is 71.0 Å². The molecule has 2 amide bonds. The number of nitrogens with zero attached hydrogens (tertiary/aromatic N) is 1. The molecule has 0 saturated heterocycles. The van der Waals surface area contributed by atoms with Gasteiger partial charge in [0.25, 0.3) is 11.8 Å². The van der Waals surface area contributed by atoms with Gasteiger partial charge < -0.3 is 10.2 Å². The van der Waals surface area contributed by atoms with Crippen LogP contribution in [0.2, 0.25) is 0 Å². The Morgan fingerprint density at radius 2 is 2.04 bits per heavy atom. The van der Waals surface area contributed by atoms with E-state index in [0.29, 0.717) is 23.7 Å². The first kappa shape index (κ1) is 16.0. The molecule has 1 saturated carbocycles. The quantitative estimate of drug-likeness (QED) is 0.924. The molecule has 2 aliphatic rings. The second-order valence-electron chi connectivity index (χ2n) is 6.85. The molecule has 4 heteroatoms. The average Bonchev–Trinajstić information content (AvgIpc) is 2.92. The van der Waals surface area contributed by atoms with Crippen molar-refractivity contribution in [3.05, 3.63) is 34.9 Å². The van der Waals surface area contributed by atoms with Crippen molar-refractivity contribution < 1.29 is 9.59 Å². The lowest BCUT2D eigenvalue weighted by molar-refractivity contribution is 0.0656. The third-order valence-corrected chi connectivity index (χ3v) is 5.22. The van der Waals surface area contributed by atoms with Crippen LogP contribution in [0.25, 0.3) is 0 Å². The van der Waals surface area contributed by atoms with Crippen molar-refractivity contribution in [2.75, 3.05) is 0 Å². The van der Waals surface area contributed by atoms with Gasteiger partial charge in [0.15, 0.2) is 0 Å². The van der Waals surface area contributed by atoms with Crippen LogP contribution >= 0.6 is 0 Å². The molecule has 1 N–H and O–H groups in total. The summed E-state index contributed by atoms with van der Waals surface area (Å²) in [6.07, 6.45) is 6.73. The maximum Gasteiger partial charge on any atom is 0.255 e. The monoisotopic (exact) mass is 314 g/mol. The molecule has 3 rings (SSSR count). The molecule has 1 aromatic carbocycles. The van der Waals surface area contributed by atoms with Gasteiger partial charge in [0.1, 0.15) is 0 Å². The van der Waals surface area contributed by atoms with Crippen molar-refractivity contribution in [3.63, 3.8) is 0 Å². The molecule has 1 heterocycles. The fourth-order valence-corrected chi connectivity index (χ4v) is 3.66. The van der Waals surface area contributed by atoms with Gasteiger partial charge in [0.05, 0.1) is 11.1 Å². The van der Waals surface area contributed by atoms with E-state index in [1.165, 1.54) is 19.3 Å². The average molecular weight is 314 g/mol. The number of amides is 2. The van der Waals surface area contributed by atoms with Crippen LogP contribution in [0.5, 0.6) is 0 Å². The molecule has 0 spiro atoms. The van der Waals surface area contributed by atoms with Gasteiger partial charge in [-0.3, -0.25) is 9.59 Å². The molecule has 0 bridgehead atoms. The largest absolute Gasteiger partial charge is 0.350 e. The minimum atomic E-state index is -0.130. The molecule has 23 heavy (non-hydrogen) atoms. The first-order valence-corrected chi connectivity index (χ1v) is 8.85. The van der Waals surface area contributed by atoms with Crippen LogP contribution < -0.4 is 5.32 Å². The van der Waals surface area contributed by atoms with Crippen LogP contribution in [0.3, 0.4) is 0 Å². The van der Waals surface area contributed by atoms with Gasteiger partial charge in [-0.15, -0.1) is 0 Å². The van der Waals surface area contributed by atoms with Crippen molar-refractivity contribution in [1.82, 2.24) is 10.2 Å². The lowest BCUT2D eigenvalue weighted by Gasteiger charge is -2.30. The van der Waals surface area contributed by atoms with Crippen molar-refractivity contribution >= 4 is 11.8 Å². The summed E-state index contributed by atoms with van der Waals surface area (Å²) in [6, 6.07) is 6.11. The Morgan fingerprint density at radius 3 is 2.74 bits per heavy atom. The van der Waals surface area contributed by atoms with Crippen molar-refractivity contribution in [3.8, 4) is 0 Å². The van der Waals surface area contributed by atoms with Crippen LogP contribution in [0.4, 0.5) is 0 Å². The summed E-state index contributed by atoms with van der Waals surface area (Å²) >= 11 is 0. The number of carbonyl (C=O) groups excluding carboxylic acids is 2. The van der Waals surface area contributed by atoms with E-state index in [2.05, 4.69) is 5.32 Å². The van der Waals surface area contributed by atoms with Gasteiger partial charge in [-0.25, -0.2) is 0 Å². The third kappa shape index (κ3) is 3.12. The summed E-state index contributed by atoms with van der Waals surface area (Å²) in [5, 5.41) is 2.98. The Bertz CT molecular complexity index is 605. The van der Waals surface area contributed by atoms with Gasteiger partial charge in [-0.1, -0.05) is 38.3 Å². The Labute approximate surface area is 138 Å². The van der Waals surface area contributed by atoms with Crippen LogP contribution in [0.15, 0.2) is 18.2 Å². The van der Waals surface area contributed by atoms with E-state index in [0.717, 1.165) is 24.8 Å². The Balaban J connectivity index is 1.84.